The molecule has 156 valence electrons. The highest BCUT2D eigenvalue weighted by Gasteiger charge is 2.32. The summed E-state index contributed by atoms with van der Waals surface area (Å²) in [4.78, 5) is 19.4. The van der Waals surface area contributed by atoms with Crippen LogP contribution in [0.15, 0.2) is 18.3 Å². The fraction of sp³-hybridized carbons (Fsp3) is 0.667. The Morgan fingerprint density at radius 2 is 2.00 bits per heavy atom. The number of aromatic nitrogens is 5. The lowest BCUT2D eigenvalue weighted by atomic mass is 9.94. The highest BCUT2D eigenvalue weighted by molar-refractivity contribution is 5.91. The minimum absolute atomic E-state index is 0.0464. The highest BCUT2D eigenvalue weighted by Crippen LogP contribution is 2.31. The molecule has 1 aliphatic carbocycles. The number of hydrogen-bond donors (Lipinski definition) is 1. The predicted molar refractivity (Wildman–Crippen MR) is 110 cm³/mol. The molecule has 2 atom stereocenters. The van der Waals surface area contributed by atoms with Crippen LogP contribution in [0.25, 0.3) is 0 Å². The maximum absolute atomic E-state index is 12.8. The third kappa shape index (κ3) is 4.63. The summed E-state index contributed by atoms with van der Waals surface area (Å²) in [6.07, 6.45) is 9.77. The molecular weight excluding hydrogens is 366 g/mol. The molecule has 8 heteroatoms. The molecule has 1 N–H and O–H groups in total. The third-order valence-corrected chi connectivity index (χ3v) is 6.35. The van der Waals surface area contributed by atoms with Crippen molar-refractivity contribution >= 4 is 11.7 Å². The van der Waals surface area contributed by atoms with E-state index in [9.17, 15) is 4.79 Å². The zero-order chi connectivity index (χ0) is 20.2. The lowest BCUT2D eigenvalue weighted by Crippen LogP contribution is -2.42. The average Bonchev–Trinajstić information content (AvgIpc) is 3.25. The molecule has 2 aromatic heterocycles. The van der Waals surface area contributed by atoms with Gasteiger partial charge in [0.25, 0.3) is 0 Å². The van der Waals surface area contributed by atoms with E-state index in [1.54, 1.807) is 6.20 Å². The van der Waals surface area contributed by atoms with E-state index < -0.39 is 0 Å². The first kappa shape index (κ1) is 19.9. The van der Waals surface area contributed by atoms with E-state index in [0.717, 1.165) is 50.2 Å². The van der Waals surface area contributed by atoms with Crippen LogP contribution in [0.3, 0.4) is 0 Å². The molecule has 29 heavy (non-hydrogen) atoms. The number of carbonyl (C=O) groups is 1. The van der Waals surface area contributed by atoms with Gasteiger partial charge in [0.15, 0.2) is 5.82 Å². The van der Waals surface area contributed by atoms with Gasteiger partial charge in [0.1, 0.15) is 5.82 Å². The van der Waals surface area contributed by atoms with Crippen molar-refractivity contribution in [1.82, 2.24) is 30.1 Å². The van der Waals surface area contributed by atoms with E-state index in [1.807, 2.05) is 23.7 Å². The number of nitrogens with zero attached hydrogens (tertiary/aromatic N) is 6. The second-order valence-electron chi connectivity index (χ2n) is 8.49. The van der Waals surface area contributed by atoms with Crippen molar-refractivity contribution in [2.45, 2.75) is 70.9 Å². The molecule has 2 aliphatic rings. The number of pyridine rings is 1. The van der Waals surface area contributed by atoms with Crippen LogP contribution in [-0.4, -0.2) is 49.1 Å². The fourth-order valence-corrected chi connectivity index (χ4v) is 4.57. The molecule has 1 saturated carbocycles. The number of aryl methyl sites for hydroxylation is 1. The Morgan fingerprint density at radius 1 is 1.17 bits per heavy atom. The van der Waals surface area contributed by atoms with Gasteiger partial charge in [-0.25, -0.2) is 9.67 Å². The Morgan fingerprint density at radius 3 is 2.76 bits per heavy atom. The van der Waals surface area contributed by atoms with Crippen LogP contribution < -0.4 is 5.32 Å². The first-order chi connectivity index (χ1) is 14.1. The quantitative estimate of drug-likeness (QED) is 0.833. The van der Waals surface area contributed by atoms with Gasteiger partial charge >= 0.3 is 0 Å². The summed E-state index contributed by atoms with van der Waals surface area (Å²) < 4.78 is 2.05. The van der Waals surface area contributed by atoms with Crippen molar-refractivity contribution in [3.05, 3.63) is 29.7 Å². The van der Waals surface area contributed by atoms with Crippen LogP contribution >= 0.6 is 0 Å². The Kier molecular flexibility index (Phi) is 6.18. The summed E-state index contributed by atoms with van der Waals surface area (Å²) in [7, 11) is 0. The van der Waals surface area contributed by atoms with Crippen molar-refractivity contribution in [1.29, 1.82) is 0 Å². The molecule has 8 nitrogen and oxygen atoms in total. The van der Waals surface area contributed by atoms with Crippen LogP contribution in [0.2, 0.25) is 0 Å². The number of anilines is 1. The standard InChI is InChI=1S/C21H31N7O/c1-15-10-11-19(22-13-15)23-21(29)17-7-6-12-27(14-17)16(2)20-24-25-26-28(20)18-8-4-3-5-9-18/h10-11,13,16-18H,3-9,12,14H2,1-2H3,(H,22,23,29). The van der Waals surface area contributed by atoms with Gasteiger partial charge in [-0.15, -0.1) is 5.10 Å². The molecule has 0 bridgehead atoms. The monoisotopic (exact) mass is 397 g/mol. The van der Waals surface area contributed by atoms with Crippen LogP contribution in [0.5, 0.6) is 0 Å². The fourth-order valence-electron chi connectivity index (χ4n) is 4.57. The van der Waals surface area contributed by atoms with Crippen LogP contribution in [0, 0.1) is 12.8 Å². The molecule has 1 saturated heterocycles. The Balaban J connectivity index is 1.41. The summed E-state index contributed by atoms with van der Waals surface area (Å²) in [5, 5.41) is 15.6. The van der Waals surface area contributed by atoms with Crippen molar-refractivity contribution in [3.8, 4) is 0 Å². The lowest BCUT2D eigenvalue weighted by Gasteiger charge is -2.36. The number of likely N-dealkylation sites (tertiary alicyclic amines) is 1. The van der Waals surface area contributed by atoms with Gasteiger partial charge < -0.3 is 5.32 Å². The number of tetrazole rings is 1. The zero-order valence-electron chi connectivity index (χ0n) is 17.4. The Hall–Kier alpha value is -2.35. The molecule has 3 heterocycles. The summed E-state index contributed by atoms with van der Waals surface area (Å²) in [6, 6.07) is 4.32. The SMILES string of the molecule is Cc1ccc(NC(=O)C2CCCN(C(C)c3nnnn3C3CCCCC3)C2)nc1. The van der Waals surface area contributed by atoms with Crippen LogP contribution in [0.4, 0.5) is 5.82 Å². The van der Waals surface area contributed by atoms with Gasteiger partial charge in [-0.1, -0.05) is 25.3 Å². The molecule has 2 fully saturated rings. The second-order valence-corrected chi connectivity index (χ2v) is 8.49. The molecule has 1 aliphatic heterocycles. The molecule has 1 amide bonds. The number of amides is 1. The van der Waals surface area contributed by atoms with Crippen molar-refractivity contribution in [2.75, 3.05) is 18.4 Å². The molecule has 0 radical (unpaired) electrons. The zero-order valence-corrected chi connectivity index (χ0v) is 17.4. The van der Waals surface area contributed by atoms with Gasteiger partial charge in [-0.3, -0.25) is 9.69 Å². The maximum Gasteiger partial charge on any atom is 0.229 e. The predicted octanol–water partition coefficient (Wildman–Crippen LogP) is 3.29. The number of rotatable bonds is 5. The largest absolute Gasteiger partial charge is 0.310 e. The van der Waals surface area contributed by atoms with Gasteiger partial charge in [0, 0.05) is 12.7 Å². The minimum Gasteiger partial charge on any atom is -0.310 e. The average molecular weight is 398 g/mol. The van der Waals surface area contributed by atoms with Gasteiger partial charge in [-0.05, 0) is 68.1 Å². The van der Waals surface area contributed by atoms with E-state index in [2.05, 4.69) is 37.6 Å². The van der Waals surface area contributed by atoms with Gasteiger partial charge in [0.05, 0.1) is 18.0 Å². The van der Waals surface area contributed by atoms with E-state index in [0.29, 0.717) is 11.9 Å². The topological polar surface area (TPSA) is 88.8 Å². The van der Waals surface area contributed by atoms with Crippen molar-refractivity contribution in [3.63, 3.8) is 0 Å². The number of carbonyl (C=O) groups excluding carboxylic acids is 1. The van der Waals surface area contributed by atoms with Crippen LogP contribution in [-0.2, 0) is 4.79 Å². The van der Waals surface area contributed by atoms with Crippen molar-refractivity contribution < 1.29 is 4.79 Å². The highest BCUT2D eigenvalue weighted by atomic mass is 16.2. The summed E-state index contributed by atoms with van der Waals surface area (Å²) >= 11 is 0. The molecule has 2 aromatic rings. The number of hydrogen-bond acceptors (Lipinski definition) is 6. The van der Waals surface area contributed by atoms with Crippen LogP contribution in [0.1, 0.15) is 75.3 Å². The summed E-state index contributed by atoms with van der Waals surface area (Å²) in [5.41, 5.74) is 1.08. The first-order valence-electron chi connectivity index (χ1n) is 10.9. The van der Waals surface area contributed by atoms with E-state index in [1.165, 1.54) is 19.3 Å². The first-order valence-corrected chi connectivity index (χ1v) is 10.9. The minimum atomic E-state index is -0.0479. The van der Waals surface area contributed by atoms with E-state index in [-0.39, 0.29) is 17.9 Å². The molecular formula is C21H31N7O. The molecule has 0 aromatic carbocycles. The Bertz CT molecular complexity index is 813. The number of piperidine rings is 1. The lowest BCUT2D eigenvalue weighted by molar-refractivity contribution is -0.121. The van der Waals surface area contributed by atoms with Gasteiger partial charge in [-0.2, -0.15) is 0 Å². The normalized spacial score (nSPS) is 22.3. The molecule has 4 rings (SSSR count). The van der Waals surface area contributed by atoms with Gasteiger partial charge in [0.2, 0.25) is 5.91 Å². The van der Waals surface area contributed by atoms with E-state index in [4.69, 9.17) is 0 Å². The Labute approximate surface area is 172 Å². The van der Waals surface area contributed by atoms with E-state index >= 15 is 0 Å². The maximum atomic E-state index is 12.8. The second kappa shape index (κ2) is 8.98. The molecule has 2 unspecified atom stereocenters. The summed E-state index contributed by atoms with van der Waals surface area (Å²) in [6.45, 7) is 5.83. The third-order valence-electron chi connectivity index (χ3n) is 6.35. The smallest absolute Gasteiger partial charge is 0.229 e. The number of nitrogens with one attached hydrogen (secondary N) is 1. The molecule has 0 spiro atoms. The van der Waals surface area contributed by atoms with Crippen molar-refractivity contribution in [2.24, 2.45) is 5.92 Å². The summed E-state index contributed by atoms with van der Waals surface area (Å²) in [5.74, 6) is 1.55.